The van der Waals surface area contributed by atoms with E-state index in [0.717, 1.165) is 0 Å². The quantitative estimate of drug-likeness (QED) is 0.816. The molecule has 0 fully saturated rings. The van der Waals surface area contributed by atoms with Crippen LogP contribution in [0.3, 0.4) is 0 Å². The third-order valence-electron chi connectivity index (χ3n) is 3.59. The van der Waals surface area contributed by atoms with Crippen molar-refractivity contribution in [2.75, 3.05) is 0 Å². The van der Waals surface area contributed by atoms with Gasteiger partial charge in [-0.25, -0.2) is 4.39 Å². The number of aromatic amines is 1. The molecule has 0 saturated carbocycles. The van der Waals surface area contributed by atoms with Gasteiger partial charge in [0.15, 0.2) is 5.43 Å². The Balaban J connectivity index is 2.67. The number of aromatic nitrogens is 1. The number of allylic oxidation sites excluding steroid dienone is 4. The van der Waals surface area contributed by atoms with Gasteiger partial charge in [-0.1, -0.05) is 44.4 Å². The Labute approximate surface area is 133 Å². The molecule has 0 bridgehead atoms. The lowest BCUT2D eigenvalue weighted by Gasteiger charge is -2.09. The van der Waals surface area contributed by atoms with Crippen molar-refractivity contribution in [2.24, 2.45) is 0 Å². The van der Waals surface area contributed by atoms with Gasteiger partial charge in [0, 0.05) is 29.9 Å². The van der Waals surface area contributed by atoms with E-state index >= 15 is 0 Å². The van der Waals surface area contributed by atoms with Gasteiger partial charge >= 0.3 is 0 Å². The third kappa shape index (κ3) is 3.54. The van der Waals surface area contributed by atoms with Gasteiger partial charge in [0.2, 0.25) is 0 Å². The van der Waals surface area contributed by atoms with E-state index in [2.05, 4.69) is 18.1 Å². The van der Waals surface area contributed by atoms with Crippen LogP contribution in [0.2, 0.25) is 0 Å². The van der Waals surface area contributed by atoms with E-state index in [0.29, 0.717) is 28.6 Å². The van der Waals surface area contributed by atoms with Crippen molar-refractivity contribution in [2.45, 2.75) is 19.8 Å². The van der Waals surface area contributed by atoms with E-state index in [1.807, 2.05) is 0 Å². The summed E-state index contributed by atoms with van der Waals surface area (Å²) in [5.41, 5.74) is 1.48. The van der Waals surface area contributed by atoms with Crippen molar-refractivity contribution in [1.82, 2.24) is 4.98 Å². The number of benzene rings is 1. The Morgan fingerprint density at radius 1 is 1.39 bits per heavy atom. The Bertz CT molecular complexity index is 875. The zero-order valence-electron chi connectivity index (χ0n) is 13.0. The number of Topliss-reactive ketones (excluding diaryl/α,β-unsaturated/α-hetero) is 1. The van der Waals surface area contributed by atoms with E-state index < -0.39 is 5.83 Å². The molecule has 0 aliphatic carbocycles. The van der Waals surface area contributed by atoms with Gasteiger partial charge in [0.05, 0.1) is 11.2 Å². The molecular formula is C19H18FNO2. The van der Waals surface area contributed by atoms with E-state index in [-0.39, 0.29) is 23.2 Å². The number of hydrogen-bond donors (Lipinski definition) is 1. The maximum Gasteiger partial charge on any atom is 0.190 e. The standard InChI is InChI=1S/C19H18FNO2/c1-4-7-15(12(3)20)17-11-18(23)19-13(10-14(22)5-2)8-6-9-16(19)21-17/h4,6-9,11H,1,3,5,10H2,2H3,(H,21,23)/b15-7+. The fourth-order valence-corrected chi connectivity index (χ4v) is 2.45. The van der Waals surface area contributed by atoms with Crippen molar-refractivity contribution in [3.8, 4) is 0 Å². The van der Waals surface area contributed by atoms with Crippen LogP contribution >= 0.6 is 0 Å². The van der Waals surface area contributed by atoms with Crippen LogP contribution in [0.25, 0.3) is 16.5 Å². The van der Waals surface area contributed by atoms with Gasteiger partial charge in [-0.2, -0.15) is 0 Å². The lowest BCUT2D eigenvalue weighted by Crippen LogP contribution is -2.10. The SMILES string of the molecule is C=C/C=C(\C(=C)F)c1cc(=O)c2c(CC(=O)CC)cccc2[nH]1. The normalized spacial score (nSPS) is 11.5. The number of rotatable bonds is 6. The first-order valence-electron chi connectivity index (χ1n) is 7.32. The molecule has 1 aromatic carbocycles. The van der Waals surface area contributed by atoms with Crippen LogP contribution < -0.4 is 5.43 Å². The molecule has 0 atom stereocenters. The Hall–Kier alpha value is -2.75. The lowest BCUT2D eigenvalue weighted by molar-refractivity contribution is -0.118. The van der Waals surface area contributed by atoms with Crippen molar-refractivity contribution >= 4 is 22.3 Å². The minimum absolute atomic E-state index is 0.0605. The molecule has 0 radical (unpaired) electrons. The molecule has 1 aromatic heterocycles. The first-order valence-corrected chi connectivity index (χ1v) is 7.32. The summed E-state index contributed by atoms with van der Waals surface area (Å²) in [7, 11) is 0. The molecule has 2 aromatic rings. The van der Waals surface area contributed by atoms with Crippen molar-refractivity contribution in [3.63, 3.8) is 0 Å². The van der Waals surface area contributed by atoms with E-state index in [1.165, 1.54) is 18.2 Å². The molecule has 1 heterocycles. The third-order valence-corrected chi connectivity index (χ3v) is 3.59. The van der Waals surface area contributed by atoms with Gasteiger partial charge < -0.3 is 4.98 Å². The fourth-order valence-electron chi connectivity index (χ4n) is 2.45. The van der Waals surface area contributed by atoms with Crippen LogP contribution in [0, 0.1) is 0 Å². The number of halogens is 1. The molecule has 0 amide bonds. The maximum absolute atomic E-state index is 13.6. The molecule has 3 nitrogen and oxygen atoms in total. The summed E-state index contributed by atoms with van der Waals surface area (Å²) in [6, 6.07) is 6.58. The maximum atomic E-state index is 13.6. The molecule has 118 valence electrons. The summed E-state index contributed by atoms with van der Waals surface area (Å²) in [5, 5.41) is 0.459. The topological polar surface area (TPSA) is 49.9 Å². The molecule has 2 rings (SSSR count). The Kier molecular flexibility index (Phi) is 5.06. The first kappa shape index (κ1) is 16.6. The van der Waals surface area contributed by atoms with Crippen LogP contribution in [0.15, 0.2) is 60.2 Å². The van der Waals surface area contributed by atoms with Crippen molar-refractivity contribution < 1.29 is 9.18 Å². The van der Waals surface area contributed by atoms with Gasteiger partial charge in [0.1, 0.15) is 11.6 Å². The number of ketones is 1. The first-order chi connectivity index (χ1) is 11.0. The number of nitrogens with one attached hydrogen (secondary N) is 1. The summed E-state index contributed by atoms with van der Waals surface area (Å²) >= 11 is 0. The average molecular weight is 311 g/mol. The van der Waals surface area contributed by atoms with Crippen molar-refractivity contribution in [1.29, 1.82) is 0 Å². The molecule has 0 aliphatic rings. The Morgan fingerprint density at radius 2 is 2.13 bits per heavy atom. The fraction of sp³-hybridized carbons (Fsp3) is 0.158. The largest absolute Gasteiger partial charge is 0.354 e. The number of carbonyl (C=O) groups is 1. The highest BCUT2D eigenvalue weighted by Gasteiger charge is 2.12. The van der Waals surface area contributed by atoms with E-state index in [1.54, 1.807) is 25.1 Å². The number of fused-ring (bicyclic) bond motifs is 1. The average Bonchev–Trinajstić information content (AvgIpc) is 2.51. The molecule has 0 saturated heterocycles. The van der Waals surface area contributed by atoms with Crippen LogP contribution in [0.5, 0.6) is 0 Å². The second-order valence-electron chi connectivity index (χ2n) is 5.18. The minimum Gasteiger partial charge on any atom is -0.354 e. The predicted molar refractivity (Wildman–Crippen MR) is 92.0 cm³/mol. The monoisotopic (exact) mass is 311 g/mol. The molecule has 4 heteroatoms. The lowest BCUT2D eigenvalue weighted by atomic mass is 10.0. The second kappa shape index (κ2) is 7.01. The second-order valence-corrected chi connectivity index (χ2v) is 5.18. The summed E-state index contributed by atoms with van der Waals surface area (Å²) in [5.74, 6) is -0.595. The highest BCUT2D eigenvalue weighted by Crippen LogP contribution is 2.23. The van der Waals surface area contributed by atoms with E-state index in [4.69, 9.17) is 0 Å². The molecular weight excluding hydrogens is 293 g/mol. The highest BCUT2D eigenvalue weighted by molar-refractivity contribution is 5.90. The van der Waals surface area contributed by atoms with Crippen LogP contribution in [0.4, 0.5) is 4.39 Å². The summed E-state index contributed by atoms with van der Waals surface area (Å²) in [6.07, 6.45) is 3.50. The highest BCUT2D eigenvalue weighted by atomic mass is 19.1. The zero-order valence-corrected chi connectivity index (χ0v) is 13.0. The summed E-state index contributed by atoms with van der Waals surface area (Å²) in [4.78, 5) is 27.2. The van der Waals surface area contributed by atoms with Gasteiger partial charge in [-0.15, -0.1) is 0 Å². The summed E-state index contributed by atoms with van der Waals surface area (Å²) < 4.78 is 13.6. The van der Waals surface area contributed by atoms with Crippen molar-refractivity contribution in [3.05, 3.63) is 76.9 Å². The number of H-pyrrole nitrogens is 1. The Morgan fingerprint density at radius 3 is 2.74 bits per heavy atom. The van der Waals surface area contributed by atoms with E-state index in [9.17, 15) is 14.0 Å². The molecule has 0 unspecified atom stereocenters. The van der Waals surface area contributed by atoms with Crippen LogP contribution in [0.1, 0.15) is 24.6 Å². The van der Waals surface area contributed by atoms with Crippen LogP contribution in [-0.2, 0) is 11.2 Å². The number of pyridine rings is 1. The van der Waals surface area contributed by atoms with Gasteiger partial charge in [-0.05, 0) is 11.6 Å². The number of hydrogen-bond acceptors (Lipinski definition) is 2. The smallest absolute Gasteiger partial charge is 0.190 e. The molecule has 0 spiro atoms. The zero-order chi connectivity index (χ0) is 17.0. The minimum atomic E-state index is -0.655. The predicted octanol–water partition coefficient (Wildman–Crippen LogP) is 4.10. The number of carbonyl (C=O) groups excluding carboxylic acids is 1. The molecule has 1 N–H and O–H groups in total. The molecule has 0 aliphatic heterocycles. The van der Waals surface area contributed by atoms with Crippen LogP contribution in [-0.4, -0.2) is 10.8 Å². The van der Waals surface area contributed by atoms with Gasteiger partial charge in [0.25, 0.3) is 0 Å². The summed E-state index contributed by atoms with van der Waals surface area (Å²) in [6.45, 7) is 8.60. The van der Waals surface area contributed by atoms with Gasteiger partial charge in [-0.3, -0.25) is 9.59 Å². The molecule has 23 heavy (non-hydrogen) atoms.